The van der Waals surface area contributed by atoms with Gasteiger partial charge in [0.25, 0.3) is 0 Å². The first-order valence-corrected chi connectivity index (χ1v) is 6.71. The molecule has 4 heteroatoms. The van der Waals surface area contributed by atoms with Gasteiger partial charge in [-0.1, -0.05) is 6.07 Å². The Hall–Kier alpha value is -1.26. The topological polar surface area (TPSA) is 33.7 Å². The fourth-order valence-corrected chi connectivity index (χ4v) is 2.47. The smallest absolute Gasteiger partial charge is 0.120 e. The summed E-state index contributed by atoms with van der Waals surface area (Å²) in [6.07, 6.45) is 0. The normalized spacial score (nSPS) is 17.8. The molecule has 2 rings (SSSR count). The third-order valence-electron chi connectivity index (χ3n) is 3.54. The first-order chi connectivity index (χ1) is 9.05. The average molecular weight is 264 g/mol. The van der Waals surface area contributed by atoms with E-state index in [1.54, 1.807) is 14.2 Å². The van der Waals surface area contributed by atoms with Crippen molar-refractivity contribution < 1.29 is 9.47 Å². The summed E-state index contributed by atoms with van der Waals surface area (Å²) in [5, 5.41) is 3.60. The lowest BCUT2D eigenvalue weighted by Gasteiger charge is -2.32. The summed E-state index contributed by atoms with van der Waals surface area (Å²) in [5.74, 6) is 0.904. The van der Waals surface area contributed by atoms with Gasteiger partial charge in [0.15, 0.2) is 0 Å². The lowest BCUT2D eigenvalue weighted by Crippen LogP contribution is -2.47. The van der Waals surface area contributed by atoms with Crippen LogP contribution in [0.1, 0.15) is 19.4 Å². The predicted molar refractivity (Wildman–Crippen MR) is 78.0 cm³/mol. The van der Waals surface area contributed by atoms with Crippen LogP contribution >= 0.6 is 0 Å². The minimum atomic E-state index is 0.0833. The van der Waals surface area contributed by atoms with E-state index in [4.69, 9.17) is 9.47 Å². The van der Waals surface area contributed by atoms with Gasteiger partial charge in [-0.05, 0) is 25.5 Å². The number of nitrogens with one attached hydrogen (secondary N) is 1. The Morgan fingerprint density at radius 1 is 1.32 bits per heavy atom. The molecule has 0 saturated heterocycles. The third-order valence-corrected chi connectivity index (χ3v) is 3.54. The lowest BCUT2D eigenvalue weighted by atomic mass is 10.1. The Kier molecular flexibility index (Phi) is 4.32. The van der Waals surface area contributed by atoms with Gasteiger partial charge in [-0.25, -0.2) is 0 Å². The van der Waals surface area contributed by atoms with Crippen molar-refractivity contribution >= 4 is 5.69 Å². The second-order valence-electron chi connectivity index (χ2n) is 5.65. The molecule has 4 nitrogen and oxygen atoms in total. The summed E-state index contributed by atoms with van der Waals surface area (Å²) in [6, 6.07) is 6.28. The molecule has 1 aromatic carbocycles. The van der Waals surface area contributed by atoms with Crippen molar-refractivity contribution in [3.8, 4) is 5.75 Å². The molecule has 0 saturated carbocycles. The monoisotopic (exact) mass is 264 g/mol. The van der Waals surface area contributed by atoms with Crippen molar-refractivity contribution in [1.82, 2.24) is 5.32 Å². The van der Waals surface area contributed by atoms with Crippen molar-refractivity contribution in [2.75, 3.05) is 38.8 Å². The first kappa shape index (κ1) is 14.2. The second-order valence-corrected chi connectivity index (χ2v) is 5.65. The zero-order valence-corrected chi connectivity index (χ0v) is 12.3. The lowest BCUT2D eigenvalue weighted by molar-refractivity contribution is 0.203. The maximum absolute atomic E-state index is 5.35. The van der Waals surface area contributed by atoms with E-state index in [0.29, 0.717) is 0 Å². The maximum atomic E-state index is 5.35. The van der Waals surface area contributed by atoms with E-state index in [2.05, 4.69) is 36.2 Å². The summed E-state index contributed by atoms with van der Waals surface area (Å²) < 4.78 is 10.6. The fraction of sp³-hybridized carbons (Fsp3) is 0.600. The largest absolute Gasteiger partial charge is 0.497 e. The van der Waals surface area contributed by atoms with Crippen molar-refractivity contribution in [3.05, 3.63) is 23.8 Å². The number of rotatable bonds is 4. The molecule has 1 aliphatic rings. The number of methoxy groups -OCH3 is 2. The number of benzene rings is 1. The van der Waals surface area contributed by atoms with E-state index in [1.807, 2.05) is 6.07 Å². The van der Waals surface area contributed by atoms with Gasteiger partial charge in [-0.3, -0.25) is 0 Å². The van der Waals surface area contributed by atoms with Crippen LogP contribution in [0.4, 0.5) is 5.69 Å². The zero-order chi connectivity index (χ0) is 13.9. The summed E-state index contributed by atoms with van der Waals surface area (Å²) in [4.78, 5) is 2.38. The highest BCUT2D eigenvalue weighted by Gasteiger charge is 2.26. The summed E-state index contributed by atoms with van der Waals surface area (Å²) >= 11 is 0. The zero-order valence-electron chi connectivity index (χ0n) is 12.3. The Balaban J connectivity index is 2.33. The molecular formula is C15H24N2O2. The highest BCUT2D eigenvalue weighted by molar-refractivity contribution is 5.58. The molecule has 0 unspecified atom stereocenters. The van der Waals surface area contributed by atoms with Gasteiger partial charge in [-0.2, -0.15) is 0 Å². The van der Waals surface area contributed by atoms with Gasteiger partial charge in [0.2, 0.25) is 0 Å². The van der Waals surface area contributed by atoms with Crippen molar-refractivity contribution in [1.29, 1.82) is 0 Å². The molecule has 0 aliphatic carbocycles. The number of nitrogens with zero attached hydrogens (tertiary/aromatic N) is 1. The van der Waals surface area contributed by atoms with Crippen molar-refractivity contribution in [2.24, 2.45) is 0 Å². The quantitative estimate of drug-likeness (QED) is 0.902. The molecule has 0 bridgehead atoms. The minimum Gasteiger partial charge on any atom is -0.497 e. The van der Waals surface area contributed by atoms with Crippen molar-refractivity contribution in [3.63, 3.8) is 0 Å². The van der Waals surface area contributed by atoms with Crippen molar-refractivity contribution in [2.45, 2.75) is 25.9 Å². The predicted octanol–water partition coefficient (Wildman–Crippen LogP) is 2.03. The van der Waals surface area contributed by atoms with Gasteiger partial charge < -0.3 is 19.7 Å². The number of ether oxygens (including phenoxy) is 2. The van der Waals surface area contributed by atoms with Gasteiger partial charge in [0.1, 0.15) is 5.75 Å². The summed E-state index contributed by atoms with van der Waals surface area (Å²) in [7, 11) is 3.45. The summed E-state index contributed by atoms with van der Waals surface area (Å²) in [6.45, 7) is 7.92. The SMILES string of the molecule is COCCN1CC(C)(C)NCc2ccc(OC)cc21. The van der Waals surface area contributed by atoms with Gasteiger partial charge in [0, 0.05) is 44.0 Å². The van der Waals surface area contributed by atoms with Crippen LogP contribution in [0.5, 0.6) is 5.75 Å². The third kappa shape index (κ3) is 3.39. The fourth-order valence-electron chi connectivity index (χ4n) is 2.47. The maximum Gasteiger partial charge on any atom is 0.120 e. The van der Waals surface area contributed by atoms with Crippen LogP contribution in [0.3, 0.4) is 0 Å². The van der Waals surface area contributed by atoms with Gasteiger partial charge >= 0.3 is 0 Å². The van der Waals surface area contributed by atoms with E-state index < -0.39 is 0 Å². The number of hydrogen-bond donors (Lipinski definition) is 1. The molecule has 0 spiro atoms. The Morgan fingerprint density at radius 3 is 2.79 bits per heavy atom. The molecule has 19 heavy (non-hydrogen) atoms. The van der Waals surface area contributed by atoms with E-state index in [9.17, 15) is 0 Å². The first-order valence-electron chi connectivity index (χ1n) is 6.71. The molecule has 1 aromatic rings. The van der Waals surface area contributed by atoms with E-state index in [1.165, 1.54) is 11.3 Å². The van der Waals surface area contributed by atoms with E-state index >= 15 is 0 Å². The highest BCUT2D eigenvalue weighted by Crippen LogP contribution is 2.30. The molecule has 0 fully saturated rings. The molecule has 0 aromatic heterocycles. The van der Waals surface area contributed by atoms with Gasteiger partial charge in [-0.15, -0.1) is 0 Å². The molecule has 1 aliphatic heterocycles. The van der Waals surface area contributed by atoms with E-state index in [-0.39, 0.29) is 5.54 Å². The molecule has 106 valence electrons. The second kappa shape index (κ2) is 5.80. The average Bonchev–Trinajstić information content (AvgIpc) is 2.53. The number of hydrogen-bond acceptors (Lipinski definition) is 4. The van der Waals surface area contributed by atoms with Crippen LogP contribution in [0.15, 0.2) is 18.2 Å². The molecule has 0 atom stereocenters. The van der Waals surface area contributed by atoms with Crippen LogP contribution in [-0.4, -0.2) is 39.5 Å². The van der Waals surface area contributed by atoms with E-state index in [0.717, 1.165) is 32.0 Å². The van der Waals surface area contributed by atoms with Crippen LogP contribution in [0.2, 0.25) is 0 Å². The van der Waals surface area contributed by atoms with Crippen LogP contribution < -0.4 is 15.0 Å². The van der Waals surface area contributed by atoms with Crippen LogP contribution in [-0.2, 0) is 11.3 Å². The minimum absolute atomic E-state index is 0.0833. The molecule has 1 heterocycles. The standard InChI is InChI=1S/C15H24N2O2/c1-15(2)11-17(7-8-18-3)14-9-13(19-4)6-5-12(14)10-16-15/h5-6,9,16H,7-8,10-11H2,1-4H3. The molecular weight excluding hydrogens is 240 g/mol. The number of fused-ring (bicyclic) bond motifs is 1. The van der Waals surface area contributed by atoms with Crippen LogP contribution in [0.25, 0.3) is 0 Å². The molecule has 1 N–H and O–H groups in total. The van der Waals surface area contributed by atoms with Crippen LogP contribution in [0, 0.1) is 0 Å². The number of anilines is 1. The Morgan fingerprint density at radius 2 is 2.11 bits per heavy atom. The van der Waals surface area contributed by atoms with Gasteiger partial charge in [0.05, 0.1) is 13.7 Å². The Labute approximate surface area is 115 Å². The summed E-state index contributed by atoms with van der Waals surface area (Å²) in [5.41, 5.74) is 2.64. The Bertz CT molecular complexity index is 432. The highest BCUT2D eigenvalue weighted by atomic mass is 16.5. The molecule has 0 amide bonds. The molecule has 0 radical (unpaired) electrons.